The second-order valence-electron chi connectivity index (χ2n) is 5.26. The molecule has 1 unspecified atom stereocenters. The maximum Gasteiger partial charge on any atom is 0.269 e. The predicted molar refractivity (Wildman–Crippen MR) is 76.4 cm³/mol. The standard InChI is InChI=1S/C14H21N5O/c1-10(9-19-12(3)7-11(2)17-19)8-15-14(20)13-5-6-16-18(13)4/h5-7,10H,8-9H2,1-4H3,(H,15,20). The first-order valence-corrected chi connectivity index (χ1v) is 6.74. The lowest BCUT2D eigenvalue weighted by Crippen LogP contribution is -2.31. The van der Waals surface area contributed by atoms with Crippen LogP contribution in [0.4, 0.5) is 0 Å². The van der Waals surface area contributed by atoms with Crippen molar-refractivity contribution >= 4 is 5.91 Å². The van der Waals surface area contributed by atoms with Crippen molar-refractivity contribution in [3.05, 3.63) is 35.4 Å². The Morgan fingerprint density at radius 3 is 2.75 bits per heavy atom. The Labute approximate surface area is 118 Å². The van der Waals surface area contributed by atoms with Gasteiger partial charge in [-0.15, -0.1) is 0 Å². The fourth-order valence-electron chi connectivity index (χ4n) is 2.17. The van der Waals surface area contributed by atoms with Crippen LogP contribution in [0.25, 0.3) is 0 Å². The zero-order valence-electron chi connectivity index (χ0n) is 12.4. The monoisotopic (exact) mass is 275 g/mol. The van der Waals surface area contributed by atoms with E-state index in [0.29, 0.717) is 18.2 Å². The quantitative estimate of drug-likeness (QED) is 0.894. The highest BCUT2D eigenvalue weighted by atomic mass is 16.2. The van der Waals surface area contributed by atoms with Crippen LogP contribution < -0.4 is 5.32 Å². The summed E-state index contributed by atoms with van der Waals surface area (Å²) < 4.78 is 3.55. The zero-order valence-corrected chi connectivity index (χ0v) is 12.4. The van der Waals surface area contributed by atoms with Gasteiger partial charge in [0.15, 0.2) is 0 Å². The van der Waals surface area contributed by atoms with Crippen LogP contribution >= 0.6 is 0 Å². The van der Waals surface area contributed by atoms with E-state index in [2.05, 4.69) is 28.5 Å². The lowest BCUT2D eigenvalue weighted by Gasteiger charge is -2.14. The van der Waals surface area contributed by atoms with Crippen LogP contribution in [0.1, 0.15) is 28.8 Å². The number of aryl methyl sites for hydroxylation is 3. The van der Waals surface area contributed by atoms with Gasteiger partial charge < -0.3 is 5.32 Å². The van der Waals surface area contributed by atoms with E-state index in [9.17, 15) is 4.79 Å². The molecule has 0 aliphatic heterocycles. The van der Waals surface area contributed by atoms with Crippen molar-refractivity contribution in [2.45, 2.75) is 27.3 Å². The van der Waals surface area contributed by atoms with Crippen molar-refractivity contribution in [2.24, 2.45) is 13.0 Å². The van der Waals surface area contributed by atoms with Crippen molar-refractivity contribution in [1.82, 2.24) is 24.9 Å². The van der Waals surface area contributed by atoms with Crippen LogP contribution in [-0.2, 0) is 13.6 Å². The number of carbonyl (C=O) groups excluding carboxylic acids is 1. The van der Waals surface area contributed by atoms with Gasteiger partial charge in [0, 0.05) is 32.0 Å². The van der Waals surface area contributed by atoms with Crippen LogP contribution in [0.2, 0.25) is 0 Å². The summed E-state index contributed by atoms with van der Waals surface area (Å²) in [5.41, 5.74) is 2.74. The third kappa shape index (κ3) is 3.26. The van der Waals surface area contributed by atoms with Gasteiger partial charge in [0.25, 0.3) is 5.91 Å². The average molecular weight is 275 g/mol. The number of hydrogen-bond donors (Lipinski definition) is 1. The molecular formula is C14H21N5O. The van der Waals surface area contributed by atoms with Gasteiger partial charge in [0.1, 0.15) is 5.69 Å². The molecule has 20 heavy (non-hydrogen) atoms. The molecular weight excluding hydrogens is 254 g/mol. The average Bonchev–Trinajstić information content (AvgIpc) is 2.93. The molecule has 0 saturated carbocycles. The molecule has 0 aliphatic carbocycles. The Morgan fingerprint density at radius 1 is 1.45 bits per heavy atom. The number of rotatable bonds is 5. The van der Waals surface area contributed by atoms with Gasteiger partial charge in [-0.2, -0.15) is 10.2 Å². The van der Waals surface area contributed by atoms with Gasteiger partial charge in [-0.05, 0) is 31.9 Å². The fourth-order valence-corrected chi connectivity index (χ4v) is 2.17. The van der Waals surface area contributed by atoms with Crippen molar-refractivity contribution < 1.29 is 4.79 Å². The Bertz CT molecular complexity index is 598. The van der Waals surface area contributed by atoms with E-state index in [0.717, 1.165) is 17.9 Å². The molecule has 108 valence electrons. The molecule has 0 fully saturated rings. The van der Waals surface area contributed by atoms with Crippen LogP contribution in [0.5, 0.6) is 0 Å². The largest absolute Gasteiger partial charge is 0.350 e. The molecule has 0 spiro atoms. The summed E-state index contributed by atoms with van der Waals surface area (Å²) in [5, 5.41) is 11.4. The van der Waals surface area contributed by atoms with Crippen LogP contribution in [0, 0.1) is 19.8 Å². The van der Waals surface area contributed by atoms with E-state index in [4.69, 9.17) is 0 Å². The molecule has 2 aromatic heterocycles. The van der Waals surface area contributed by atoms with E-state index in [1.807, 2.05) is 18.5 Å². The second kappa shape index (κ2) is 5.90. The topological polar surface area (TPSA) is 64.7 Å². The smallest absolute Gasteiger partial charge is 0.269 e. The summed E-state index contributed by atoms with van der Waals surface area (Å²) in [4.78, 5) is 12.0. The molecule has 0 radical (unpaired) electrons. The third-order valence-corrected chi connectivity index (χ3v) is 3.25. The van der Waals surface area contributed by atoms with Gasteiger partial charge in [0.2, 0.25) is 0 Å². The molecule has 0 aromatic carbocycles. The van der Waals surface area contributed by atoms with E-state index < -0.39 is 0 Å². The second-order valence-corrected chi connectivity index (χ2v) is 5.26. The molecule has 2 rings (SSSR count). The number of nitrogens with one attached hydrogen (secondary N) is 1. The predicted octanol–water partition coefficient (Wildman–Crippen LogP) is 1.30. The first kappa shape index (κ1) is 14.3. The summed E-state index contributed by atoms with van der Waals surface area (Å²) in [7, 11) is 1.76. The van der Waals surface area contributed by atoms with Crippen molar-refractivity contribution in [3.63, 3.8) is 0 Å². The van der Waals surface area contributed by atoms with Gasteiger partial charge >= 0.3 is 0 Å². The minimum atomic E-state index is -0.0924. The van der Waals surface area contributed by atoms with Gasteiger partial charge in [-0.3, -0.25) is 14.2 Å². The highest BCUT2D eigenvalue weighted by Gasteiger charge is 2.12. The highest BCUT2D eigenvalue weighted by Crippen LogP contribution is 2.06. The Balaban J connectivity index is 1.86. The summed E-state index contributed by atoms with van der Waals surface area (Å²) >= 11 is 0. The number of hydrogen-bond acceptors (Lipinski definition) is 3. The van der Waals surface area contributed by atoms with E-state index in [1.165, 1.54) is 0 Å². The van der Waals surface area contributed by atoms with Crippen LogP contribution in [0.3, 0.4) is 0 Å². The van der Waals surface area contributed by atoms with E-state index >= 15 is 0 Å². The minimum absolute atomic E-state index is 0.0924. The summed E-state index contributed by atoms with van der Waals surface area (Å²) in [6, 6.07) is 3.77. The summed E-state index contributed by atoms with van der Waals surface area (Å²) in [5.74, 6) is 0.218. The Kier molecular flexibility index (Phi) is 4.22. The normalized spacial score (nSPS) is 12.4. The van der Waals surface area contributed by atoms with Crippen molar-refractivity contribution in [3.8, 4) is 0 Å². The molecule has 1 N–H and O–H groups in total. The molecule has 6 heteroatoms. The molecule has 6 nitrogen and oxygen atoms in total. The van der Waals surface area contributed by atoms with Gasteiger partial charge in [-0.1, -0.05) is 6.92 Å². The first-order valence-electron chi connectivity index (χ1n) is 6.74. The van der Waals surface area contributed by atoms with Crippen molar-refractivity contribution in [2.75, 3.05) is 6.54 Å². The number of nitrogens with zero attached hydrogens (tertiary/aromatic N) is 4. The van der Waals surface area contributed by atoms with Gasteiger partial charge in [0.05, 0.1) is 5.69 Å². The van der Waals surface area contributed by atoms with Crippen LogP contribution in [-0.4, -0.2) is 32.0 Å². The summed E-state index contributed by atoms with van der Waals surface area (Å²) in [6.45, 7) is 7.53. The lowest BCUT2D eigenvalue weighted by molar-refractivity contribution is 0.0937. The van der Waals surface area contributed by atoms with Gasteiger partial charge in [-0.25, -0.2) is 0 Å². The summed E-state index contributed by atoms with van der Waals surface area (Å²) in [6.07, 6.45) is 1.62. The lowest BCUT2D eigenvalue weighted by atomic mass is 10.2. The number of carbonyl (C=O) groups is 1. The number of amides is 1. The van der Waals surface area contributed by atoms with Crippen molar-refractivity contribution in [1.29, 1.82) is 0 Å². The minimum Gasteiger partial charge on any atom is -0.350 e. The maximum absolute atomic E-state index is 12.0. The fraction of sp³-hybridized carbons (Fsp3) is 0.500. The molecule has 1 atom stereocenters. The highest BCUT2D eigenvalue weighted by molar-refractivity contribution is 5.92. The molecule has 0 saturated heterocycles. The maximum atomic E-state index is 12.0. The Hall–Kier alpha value is -2.11. The molecule has 0 bridgehead atoms. The number of aromatic nitrogens is 4. The zero-order chi connectivity index (χ0) is 14.7. The van der Waals surface area contributed by atoms with E-state index in [-0.39, 0.29) is 5.91 Å². The van der Waals surface area contributed by atoms with Crippen LogP contribution in [0.15, 0.2) is 18.3 Å². The third-order valence-electron chi connectivity index (χ3n) is 3.25. The first-order chi connectivity index (χ1) is 9.47. The van der Waals surface area contributed by atoms with E-state index in [1.54, 1.807) is 24.0 Å². The molecule has 2 aromatic rings. The molecule has 0 aliphatic rings. The SMILES string of the molecule is Cc1cc(C)n(CC(C)CNC(=O)c2ccnn2C)n1. The molecule has 1 amide bonds. The Morgan fingerprint density at radius 2 is 2.20 bits per heavy atom. The molecule has 2 heterocycles.